The van der Waals surface area contributed by atoms with E-state index in [1.54, 1.807) is 12.1 Å². The summed E-state index contributed by atoms with van der Waals surface area (Å²) in [6, 6.07) is 11.0. The average Bonchev–Trinajstić information content (AvgIpc) is 2.87. The van der Waals surface area contributed by atoms with Crippen LogP contribution in [0.15, 0.2) is 46.9 Å². The second-order valence-corrected chi connectivity index (χ2v) is 4.28. The molecule has 5 nitrogen and oxygen atoms in total. The second-order valence-electron chi connectivity index (χ2n) is 4.28. The van der Waals surface area contributed by atoms with Crippen molar-refractivity contribution in [3.8, 4) is 5.75 Å². The minimum absolute atomic E-state index is 0.0650. The summed E-state index contributed by atoms with van der Waals surface area (Å²) in [4.78, 5) is 15.2. The Morgan fingerprint density at radius 1 is 1.24 bits per heavy atom. The van der Waals surface area contributed by atoms with Gasteiger partial charge in [-0.2, -0.15) is 0 Å². The van der Waals surface area contributed by atoms with Crippen molar-refractivity contribution in [2.75, 3.05) is 0 Å². The molecule has 0 atom stereocenters. The van der Waals surface area contributed by atoms with Crippen molar-refractivity contribution in [1.82, 2.24) is 4.98 Å². The van der Waals surface area contributed by atoms with Crippen LogP contribution in [-0.2, 0) is 6.61 Å². The Morgan fingerprint density at radius 3 is 2.81 bits per heavy atom. The van der Waals surface area contributed by atoms with Gasteiger partial charge in [0.1, 0.15) is 22.6 Å². The molecule has 1 aromatic heterocycles. The van der Waals surface area contributed by atoms with Crippen molar-refractivity contribution in [3.63, 3.8) is 0 Å². The molecule has 2 aromatic carbocycles. The van der Waals surface area contributed by atoms with E-state index < -0.39 is 17.3 Å². The fourth-order valence-electron chi connectivity index (χ4n) is 1.95. The number of aromatic nitrogens is 1. The standard InChI is InChI=1S/C15H10FNO4/c16-9-4-3-7-12(14(9)15(18)19)20-8-13-17-10-5-1-2-6-11(10)21-13/h1-7H,8H2,(H,18,19). The van der Waals surface area contributed by atoms with Gasteiger partial charge in [0.25, 0.3) is 0 Å². The van der Waals surface area contributed by atoms with Crippen molar-refractivity contribution in [2.24, 2.45) is 0 Å². The molecule has 0 radical (unpaired) electrons. The number of aromatic carboxylic acids is 1. The summed E-state index contributed by atoms with van der Waals surface area (Å²) in [6.45, 7) is -0.0849. The lowest BCUT2D eigenvalue weighted by Crippen LogP contribution is -2.06. The summed E-state index contributed by atoms with van der Waals surface area (Å²) in [6.07, 6.45) is 0. The molecule has 0 aliphatic carbocycles. The lowest BCUT2D eigenvalue weighted by atomic mass is 10.2. The number of para-hydroxylation sites is 2. The second kappa shape index (κ2) is 5.24. The van der Waals surface area contributed by atoms with Crippen LogP contribution in [0.25, 0.3) is 11.1 Å². The maximum atomic E-state index is 13.5. The average molecular weight is 287 g/mol. The van der Waals surface area contributed by atoms with Crippen LogP contribution in [0.4, 0.5) is 4.39 Å². The van der Waals surface area contributed by atoms with Crippen molar-refractivity contribution in [3.05, 3.63) is 59.7 Å². The van der Waals surface area contributed by atoms with Gasteiger partial charge in [-0.05, 0) is 24.3 Å². The highest BCUT2D eigenvalue weighted by molar-refractivity contribution is 5.91. The molecular formula is C15H10FNO4. The molecule has 1 heterocycles. The van der Waals surface area contributed by atoms with Crippen molar-refractivity contribution < 1.29 is 23.4 Å². The number of hydrogen-bond acceptors (Lipinski definition) is 4. The molecule has 0 saturated carbocycles. The first-order valence-corrected chi connectivity index (χ1v) is 6.14. The highest BCUT2D eigenvalue weighted by Crippen LogP contribution is 2.23. The molecule has 3 rings (SSSR count). The van der Waals surface area contributed by atoms with Crippen molar-refractivity contribution in [1.29, 1.82) is 0 Å². The maximum Gasteiger partial charge on any atom is 0.342 e. The molecular weight excluding hydrogens is 277 g/mol. The molecule has 106 valence electrons. The Balaban J connectivity index is 1.85. The topological polar surface area (TPSA) is 72.6 Å². The highest BCUT2D eigenvalue weighted by atomic mass is 19.1. The van der Waals surface area contributed by atoms with Crippen molar-refractivity contribution >= 4 is 17.1 Å². The lowest BCUT2D eigenvalue weighted by Gasteiger charge is -2.07. The van der Waals surface area contributed by atoms with Crippen LogP contribution in [-0.4, -0.2) is 16.1 Å². The smallest absolute Gasteiger partial charge is 0.342 e. The molecule has 21 heavy (non-hydrogen) atoms. The van der Waals surface area contributed by atoms with Crippen LogP contribution < -0.4 is 4.74 Å². The zero-order valence-electron chi connectivity index (χ0n) is 10.7. The number of oxazole rings is 1. The summed E-state index contributed by atoms with van der Waals surface area (Å²) in [7, 11) is 0. The van der Waals surface area contributed by atoms with E-state index in [9.17, 15) is 9.18 Å². The van der Waals surface area contributed by atoms with Gasteiger partial charge in [0, 0.05) is 0 Å². The summed E-state index contributed by atoms with van der Waals surface area (Å²) in [5.74, 6) is -2.01. The zero-order valence-corrected chi connectivity index (χ0v) is 10.7. The molecule has 6 heteroatoms. The van der Waals surface area contributed by atoms with Gasteiger partial charge >= 0.3 is 5.97 Å². The molecule has 0 bridgehead atoms. The minimum atomic E-state index is -1.39. The van der Waals surface area contributed by atoms with E-state index >= 15 is 0 Å². The fraction of sp³-hybridized carbons (Fsp3) is 0.0667. The van der Waals surface area contributed by atoms with Gasteiger partial charge in [0.15, 0.2) is 12.2 Å². The Kier molecular flexibility index (Phi) is 3.27. The number of carboxylic acids is 1. The molecule has 0 unspecified atom stereocenters. The number of carboxylic acid groups (broad SMARTS) is 1. The third-order valence-electron chi connectivity index (χ3n) is 2.88. The summed E-state index contributed by atoms with van der Waals surface area (Å²) in [5.41, 5.74) is 0.774. The molecule has 0 fully saturated rings. The summed E-state index contributed by atoms with van der Waals surface area (Å²) in [5, 5.41) is 9.00. The predicted octanol–water partition coefficient (Wildman–Crippen LogP) is 3.24. The first kappa shape index (κ1) is 13.1. The largest absolute Gasteiger partial charge is 0.483 e. The zero-order chi connectivity index (χ0) is 14.8. The van der Waals surface area contributed by atoms with E-state index in [2.05, 4.69) is 4.98 Å². The number of carbonyl (C=O) groups is 1. The van der Waals surface area contributed by atoms with E-state index in [4.69, 9.17) is 14.3 Å². The SMILES string of the molecule is O=C(O)c1c(F)cccc1OCc1nc2ccccc2o1. The Labute approximate surface area is 118 Å². The van der Waals surface area contributed by atoms with Crippen LogP contribution in [0.1, 0.15) is 16.2 Å². The highest BCUT2D eigenvalue weighted by Gasteiger charge is 2.17. The van der Waals surface area contributed by atoms with Crippen LogP contribution in [0, 0.1) is 5.82 Å². The Bertz CT molecular complexity index is 779. The number of fused-ring (bicyclic) bond motifs is 1. The molecule has 3 aromatic rings. The predicted molar refractivity (Wildman–Crippen MR) is 71.7 cm³/mol. The van der Waals surface area contributed by atoms with Crippen LogP contribution in [0.5, 0.6) is 5.75 Å². The monoisotopic (exact) mass is 287 g/mol. The van der Waals surface area contributed by atoms with Crippen LogP contribution in [0.2, 0.25) is 0 Å². The molecule has 0 saturated heterocycles. The number of nitrogens with zero attached hydrogens (tertiary/aromatic N) is 1. The van der Waals surface area contributed by atoms with Gasteiger partial charge in [0.05, 0.1) is 0 Å². The fourth-order valence-corrected chi connectivity index (χ4v) is 1.95. The van der Waals surface area contributed by atoms with Crippen LogP contribution in [0.3, 0.4) is 0 Å². The van der Waals surface area contributed by atoms with E-state index in [0.29, 0.717) is 11.1 Å². The molecule has 1 N–H and O–H groups in total. The van der Waals surface area contributed by atoms with E-state index in [-0.39, 0.29) is 18.2 Å². The van der Waals surface area contributed by atoms with Gasteiger partial charge in [-0.3, -0.25) is 0 Å². The van der Waals surface area contributed by atoms with E-state index in [0.717, 1.165) is 6.07 Å². The molecule has 0 aliphatic heterocycles. The molecule has 0 amide bonds. The van der Waals surface area contributed by atoms with Crippen LogP contribution >= 0.6 is 0 Å². The Morgan fingerprint density at radius 2 is 2.05 bits per heavy atom. The molecule has 0 aliphatic rings. The van der Waals surface area contributed by atoms with E-state index in [1.807, 2.05) is 12.1 Å². The van der Waals surface area contributed by atoms with Gasteiger partial charge < -0.3 is 14.3 Å². The third kappa shape index (κ3) is 2.55. The molecule has 0 spiro atoms. The number of ether oxygens (including phenoxy) is 1. The first-order chi connectivity index (χ1) is 10.1. The Hall–Kier alpha value is -2.89. The van der Waals surface area contributed by atoms with Gasteiger partial charge in [0.2, 0.25) is 5.89 Å². The van der Waals surface area contributed by atoms with Gasteiger partial charge in [-0.15, -0.1) is 0 Å². The number of benzene rings is 2. The number of halogens is 1. The third-order valence-corrected chi connectivity index (χ3v) is 2.88. The quantitative estimate of drug-likeness (QED) is 0.797. The minimum Gasteiger partial charge on any atom is -0.483 e. The summed E-state index contributed by atoms with van der Waals surface area (Å²) >= 11 is 0. The first-order valence-electron chi connectivity index (χ1n) is 6.14. The normalized spacial score (nSPS) is 10.7. The van der Waals surface area contributed by atoms with Gasteiger partial charge in [-0.1, -0.05) is 18.2 Å². The summed E-state index contributed by atoms with van der Waals surface area (Å²) < 4.78 is 24.3. The number of rotatable bonds is 4. The lowest BCUT2D eigenvalue weighted by molar-refractivity contribution is 0.0685. The maximum absolute atomic E-state index is 13.5. The van der Waals surface area contributed by atoms with Crippen molar-refractivity contribution in [2.45, 2.75) is 6.61 Å². The van der Waals surface area contributed by atoms with E-state index in [1.165, 1.54) is 12.1 Å². The number of hydrogen-bond donors (Lipinski definition) is 1. The van der Waals surface area contributed by atoms with Gasteiger partial charge in [-0.25, -0.2) is 14.2 Å².